The summed E-state index contributed by atoms with van der Waals surface area (Å²) in [5.74, 6) is -0.645. The van der Waals surface area contributed by atoms with Crippen LogP contribution in [-0.4, -0.2) is 11.1 Å². The molecule has 1 aliphatic rings. The first kappa shape index (κ1) is 11.3. The van der Waals surface area contributed by atoms with E-state index in [4.69, 9.17) is 0 Å². The summed E-state index contributed by atoms with van der Waals surface area (Å²) in [6, 6.07) is 0. The third kappa shape index (κ3) is 2.17. The first-order chi connectivity index (χ1) is 6.42. The first-order valence-corrected chi connectivity index (χ1v) is 5.26. The molecule has 2 heteroatoms. The van der Waals surface area contributed by atoms with Crippen LogP contribution in [0.3, 0.4) is 0 Å². The van der Waals surface area contributed by atoms with Gasteiger partial charge in [0.15, 0.2) is 0 Å². The number of hydrogen-bond donors (Lipinski definition) is 1. The van der Waals surface area contributed by atoms with Gasteiger partial charge in [0.05, 0.1) is 5.41 Å². The molecule has 0 atom stereocenters. The summed E-state index contributed by atoms with van der Waals surface area (Å²) >= 11 is 0. The van der Waals surface area contributed by atoms with Crippen LogP contribution >= 0.6 is 0 Å². The average molecular weight is 196 g/mol. The third-order valence-electron chi connectivity index (χ3n) is 3.55. The van der Waals surface area contributed by atoms with E-state index in [1.807, 2.05) is 0 Å². The second kappa shape index (κ2) is 3.76. The standard InChI is InChI=1S/C12H20O2/c1-4-5-12(10(13)14)8-6-11(2,3)7-9-12/h4H,1,5-9H2,2-3H3,(H,13,14). The molecule has 0 aromatic heterocycles. The van der Waals surface area contributed by atoms with Crippen LogP contribution < -0.4 is 0 Å². The van der Waals surface area contributed by atoms with Gasteiger partial charge in [0.1, 0.15) is 0 Å². The molecule has 0 saturated heterocycles. The number of aliphatic carboxylic acids is 1. The summed E-state index contributed by atoms with van der Waals surface area (Å²) in [4.78, 5) is 11.2. The molecular formula is C12H20O2. The van der Waals surface area contributed by atoms with E-state index in [9.17, 15) is 9.90 Å². The Hall–Kier alpha value is -0.790. The lowest BCUT2D eigenvalue weighted by Crippen LogP contribution is -2.37. The number of carboxylic acid groups (broad SMARTS) is 1. The molecule has 1 fully saturated rings. The topological polar surface area (TPSA) is 37.3 Å². The van der Waals surface area contributed by atoms with Crippen LogP contribution in [0.4, 0.5) is 0 Å². The molecule has 0 radical (unpaired) electrons. The average Bonchev–Trinajstić information content (AvgIpc) is 2.09. The second-order valence-corrected chi connectivity index (χ2v) is 5.24. The van der Waals surface area contributed by atoms with Crippen LogP contribution in [0.15, 0.2) is 12.7 Å². The van der Waals surface area contributed by atoms with Gasteiger partial charge in [0, 0.05) is 0 Å². The molecular weight excluding hydrogens is 176 g/mol. The van der Waals surface area contributed by atoms with Gasteiger partial charge in [0.2, 0.25) is 0 Å². The zero-order valence-electron chi connectivity index (χ0n) is 9.18. The number of rotatable bonds is 3. The molecule has 1 rings (SSSR count). The minimum atomic E-state index is -0.645. The van der Waals surface area contributed by atoms with Crippen molar-refractivity contribution in [3.63, 3.8) is 0 Å². The van der Waals surface area contributed by atoms with Gasteiger partial charge in [-0.05, 0) is 37.5 Å². The summed E-state index contributed by atoms with van der Waals surface area (Å²) < 4.78 is 0. The molecule has 0 bridgehead atoms. The van der Waals surface area contributed by atoms with Gasteiger partial charge in [-0.25, -0.2) is 0 Å². The molecule has 1 saturated carbocycles. The maximum atomic E-state index is 11.2. The molecule has 1 N–H and O–H groups in total. The molecule has 0 heterocycles. The summed E-state index contributed by atoms with van der Waals surface area (Å²) in [6.07, 6.45) is 5.95. The maximum Gasteiger partial charge on any atom is 0.309 e. The van der Waals surface area contributed by atoms with Crippen LogP contribution in [0, 0.1) is 10.8 Å². The molecule has 2 nitrogen and oxygen atoms in total. The van der Waals surface area contributed by atoms with Crippen molar-refractivity contribution >= 4 is 5.97 Å². The third-order valence-corrected chi connectivity index (χ3v) is 3.55. The molecule has 0 unspecified atom stereocenters. The maximum absolute atomic E-state index is 11.2. The van der Waals surface area contributed by atoms with E-state index in [0.717, 1.165) is 25.7 Å². The Morgan fingerprint density at radius 1 is 1.36 bits per heavy atom. The molecule has 0 aromatic rings. The van der Waals surface area contributed by atoms with E-state index in [-0.39, 0.29) is 0 Å². The van der Waals surface area contributed by atoms with E-state index in [1.54, 1.807) is 6.08 Å². The van der Waals surface area contributed by atoms with Crippen molar-refractivity contribution in [2.24, 2.45) is 10.8 Å². The fourth-order valence-electron chi connectivity index (χ4n) is 2.19. The number of carboxylic acids is 1. The van der Waals surface area contributed by atoms with Crippen molar-refractivity contribution in [1.29, 1.82) is 0 Å². The van der Waals surface area contributed by atoms with Crippen molar-refractivity contribution < 1.29 is 9.90 Å². The first-order valence-electron chi connectivity index (χ1n) is 5.26. The van der Waals surface area contributed by atoms with Gasteiger partial charge in [-0.1, -0.05) is 19.9 Å². The normalized spacial score (nSPS) is 24.1. The minimum Gasteiger partial charge on any atom is -0.481 e. The molecule has 80 valence electrons. The molecule has 0 spiro atoms. The van der Waals surface area contributed by atoms with Crippen molar-refractivity contribution in [1.82, 2.24) is 0 Å². The Morgan fingerprint density at radius 3 is 2.21 bits per heavy atom. The Kier molecular flexibility index (Phi) is 3.03. The second-order valence-electron chi connectivity index (χ2n) is 5.24. The van der Waals surface area contributed by atoms with Gasteiger partial charge in [0.25, 0.3) is 0 Å². The quantitative estimate of drug-likeness (QED) is 0.703. The Morgan fingerprint density at radius 2 is 1.86 bits per heavy atom. The number of allylic oxidation sites excluding steroid dienone is 1. The molecule has 14 heavy (non-hydrogen) atoms. The largest absolute Gasteiger partial charge is 0.481 e. The summed E-state index contributed by atoms with van der Waals surface area (Å²) in [5.41, 5.74) is -0.197. The predicted molar refractivity (Wildman–Crippen MR) is 57.1 cm³/mol. The highest BCUT2D eigenvalue weighted by Crippen LogP contribution is 2.47. The van der Waals surface area contributed by atoms with Gasteiger partial charge >= 0.3 is 5.97 Å². The number of hydrogen-bond acceptors (Lipinski definition) is 1. The van der Waals surface area contributed by atoms with Crippen molar-refractivity contribution in [3.05, 3.63) is 12.7 Å². The fourth-order valence-corrected chi connectivity index (χ4v) is 2.19. The molecule has 0 amide bonds. The zero-order chi connectivity index (χ0) is 10.8. The predicted octanol–water partition coefficient (Wildman–Crippen LogP) is 3.23. The fraction of sp³-hybridized carbons (Fsp3) is 0.750. The van der Waals surface area contributed by atoms with Crippen LogP contribution in [0.1, 0.15) is 46.0 Å². The van der Waals surface area contributed by atoms with E-state index >= 15 is 0 Å². The number of carbonyl (C=O) groups is 1. The lowest BCUT2D eigenvalue weighted by Gasteiger charge is -2.40. The monoisotopic (exact) mass is 196 g/mol. The minimum absolute atomic E-state index is 0.320. The van der Waals surface area contributed by atoms with Crippen molar-refractivity contribution in [2.75, 3.05) is 0 Å². The van der Waals surface area contributed by atoms with Gasteiger partial charge in [-0.2, -0.15) is 0 Å². The van der Waals surface area contributed by atoms with Crippen LogP contribution in [0.5, 0.6) is 0 Å². The molecule has 1 aliphatic carbocycles. The zero-order valence-corrected chi connectivity index (χ0v) is 9.18. The highest BCUT2D eigenvalue weighted by atomic mass is 16.4. The summed E-state index contributed by atoms with van der Waals surface area (Å²) in [7, 11) is 0. The van der Waals surface area contributed by atoms with Crippen LogP contribution in [0.2, 0.25) is 0 Å². The smallest absolute Gasteiger partial charge is 0.309 e. The summed E-state index contributed by atoms with van der Waals surface area (Å²) in [5, 5.41) is 9.24. The SMILES string of the molecule is C=CCC1(C(=O)O)CCC(C)(C)CC1. The highest BCUT2D eigenvalue weighted by molar-refractivity contribution is 5.75. The van der Waals surface area contributed by atoms with E-state index in [2.05, 4.69) is 20.4 Å². The van der Waals surface area contributed by atoms with Crippen LogP contribution in [0.25, 0.3) is 0 Å². The van der Waals surface area contributed by atoms with Gasteiger partial charge in [-0.3, -0.25) is 4.79 Å². The lowest BCUT2D eigenvalue weighted by atomic mass is 9.64. The van der Waals surface area contributed by atoms with E-state index < -0.39 is 11.4 Å². The lowest BCUT2D eigenvalue weighted by molar-refractivity contribution is -0.152. The Balaban J connectivity index is 2.74. The Bertz CT molecular complexity index is 231. The highest BCUT2D eigenvalue weighted by Gasteiger charge is 2.42. The summed E-state index contributed by atoms with van der Waals surface area (Å²) in [6.45, 7) is 8.09. The van der Waals surface area contributed by atoms with Gasteiger partial charge < -0.3 is 5.11 Å². The molecule has 0 aliphatic heterocycles. The van der Waals surface area contributed by atoms with Gasteiger partial charge in [-0.15, -0.1) is 6.58 Å². The molecule has 0 aromatic carbocycles. The Labute approximate surface area is 86.0 Å². The van der Waals surface area contributed by atoms with E-state index in [0.29, 0.717) is 11.8 Å². The van der Waals surface area contributed by atoms with Crippen molar-refractivity contribution in [3.8, 4) is 0 Å². The van der Waals surface area contributed by atoms with E-state index in [1.165, 1.54) is 0 Å². The van der Waals surface area contributed by atoms with Crippen LogP contribution in [-0.2, 0) is 4.79 Å². The van der Waals surface area contributed by atoms with Crippen molar-refractivity contribution in [2.45, 2.75) is 46.0 Å².